The number of ether oxygens (including phenoxy) is 1. The van der Waals surface area contributed by atoms with E-state index >= 15 is 0 Å². The van der Waals surface area contributed by atoms with Gasteiger partial charge in [-0.1, -0.05) is 30.1 Å². The molecule has 0 unspecified atom stereocenters. The monoisotopic (exact) mass is 640 g/mol. The minimum atomic E-state index is -0.283. The number of aromatic nitrogens is 3. The summed E-state index contributed by atoms with van der Waals surface area (Å²) in [6.07, 6.45) is 6.43. The number of pyridine rings is 1. The molecule has 2 saturated heterocycles. The molecule has 2 aromatic heterocycles. The van der Waals surface area contributed by atoms with E-state index in [0.717, 1.165) is 76.2 Å². The standard InChI is InChI=1S/C31H38Cl2N8O3/c1-31(20-35-21-42)3-6-40(7-4-31)19-22-12-27(23-14-24(32)16-25(33)15-23)38-29(13-22)44-26-17-36-30(37-18-26)41-10-8-39(9-11-41)5-2-28(34)43/h12-18,21H,2-11,19-20H2,1H3,(H2,34,43)(H,35,42). The highest BCUT2D eigenvalue weighted by Gasteiger charge is 2.30. The lowest BCUT2D eigenvalue weighted by molar-refractivity contribution is -0.118. The number of benzene rings is 1. The Bertz CT molecular complexity index is 1420. The number of nitrogens with zero attached hydrogens (tertiary/aromatic N) is 6. The van der Waals surface area contributed by atoms with Gasteiger partial charge in [0.2, 0.25) is 24.1 Å². The van der Waals surface area contributed by atoms with E-state index in [1.807, 2.05) is 24.3 Å². The highest BCUT2D eigenvalue weighted by Crippen LogP contribution is 2.33. The first-order valence-corrected chi connectivity index (χ1v) is 15.6. The van der Waals surface area contributed by atoms with Crippen LogP contribution in [-0.4, -0.2) is 89.4 Å². The van der Waals surface area contributed by atoms with Crippen LogP contribution in [0.5, 0.6) is 11.6 Å². The highest BCUT2D eigenvalue weighted by atomic mass is 35.5. The summed E-state index contributed by atoms with van der Waals surface area (Å²) in [6.45, 7) is 9.29. The fourth-order valence-electron chi connectivity index (χ4n) is 5.61. The van der Waals surface area contributed by atoms with Crippen LogP contribution in [0, 0.1) is 5.41 Å². The van der Waals surface area contributed by atoms with Crippen LogP contribution in [0.25, 0.3) is 11.3 Å². The Labute approximate surface area is 267 Å². The number of hydrogen-bond donors (Lipinski definition) is 2. The van der Waals surface area contributed by atoms with Gasteiger partial charge in [-0.05, 0) is 61.2 Å². The molecule has 4 heterocycles. The molecule has 1 aromatic carbocycles. The van der Waals surface area contributed by atoms with Gasteiger partial charge in [-0.15, -0.1) is 0 Å². The summed E-state index contributed by atoms with van der Waals surface area (Å²) in [7, 11) is 0. The molecule has 0 saturated carbocycles. The number of hydrogen-bond acceptors (Lipinski definition) is 9. The third-order valence-corrected chi connectivity index (χ3v) is 8.70. The lowest BCUT2D eigenvalue weighted by atomic mass is 9.80. The van der Waals surface area contributed by atoms with E-state index < -0.39 is 0 Å². The molecule has 2 amide bonds. The molecule has 5 rings (SSSR count). The Morgan fingerprint density at radius 3 is 2.32 bits per heavy atom. The third kappa shape index (κ3) is 8.78. The van der Waals surface area contributed by atoms with Gasteiger partial charge in [-0.3, -0.25) is 19.4 Å². The van der Waals surface area contributed by atoms with Crippen molar-refractivity contribution in [1.29, 1.82) is 0 Å². The number of carbonyl (C=O) groups is 2. The Morgan fingerprint density at radius 2 is 1.68 bits per heavy atom. The molecule has 0 aliphatic carbocycles. The Hall–Kier alpha value is -3.51. The minimum absolute atomic E-state index is 0.0945. The number of nitrogens with two attached hydrogens (primary N) is 1. The predicted octanol–water partition coefficient (Wildman–Crippen LogP) is 3.98. The summed E-state index contributed by atoms with van der Waals surface area (Å²) in [5.41, 5.74) is 7.92. The van der Waals surface area contributed by atoms with Gasteiger partial charge >= 0.3 is 0 Å². The second-order valence-corrected chi connectivity index (χ2v) is 12.7. The average Bonchev–Trinajstić information content (AvgIpc) is 3.00. The van der Waals surface area contributed by atoms with Gasteiger partial charge in [0.15, 0.2) is 5.75 Å². The molecule has 13 heteroatoms. The first kappa shape index (κ1) is 31.9. The number of piperidine rings is 1. The van der Waals surface area contributed by atoms with Gasteiger partial charge in [0.05, 0.1) is 18.1 Å². The molecule has 2 aliphatic rings. The van der Waals surface area contributed by atoms with Crippen molar-refractivity contribution < 1.29 is 14.3 Å². The number of rotatable bonds is 12. The molecular formula is C31H38Cl2N8O3. The zero-order chi connectivity index (χ0) is 31.1. The zero-order valence-electron chi connectivity index (χ0n) is 24.8. The zero-order valence-corrected chi connectivity index (χ0v) is 26.4. The smallest absolute Gasteiger partial charge is 0.225 e. The molecule has 0 atom stereocenters. The Kier molecular flexibility index (Phi) is 10.5. The fraction of sp³-hybridized carbons (Fsp3) is 0.452. The summed E-state index contributed by atoms with van der Waals surface area (Å²) in [4.78, 5) is 42.5. The van der Waals surface area contributed by atoms with Crippen molar-refractivity contribution in [3.8, 4) is 22.9 Å². The van der Waals surface area contributed by atoms with E-state index in [0.29, 0.717) is 52.8 Å². The van der Waals surface area contributed by atoms with E-state index in [2.05, 4.69) is 36.9 Å². The van der Waals surface area contributed by atoms with Crippen molar-refractivity contribution in [2.24, 2.45) is 11.1 Å². The molecule has 0 spiro atoms. The molecule has 44 heavy (non-hydrogen) atoms. The predicted molar refractivity (Wildman–Crippen MR) is 171 cm³/mol. The van der Waals surface area contributed by atoms with Crippen molar-refractivity contribution in [3.05, 3.63) is 58.3 Å². The lowest BCUT2D eigenvalue weighted by Crippen LogP contribution is -2.47. The number of likely N-dealkylation sites (tertiary alicyclic amines) is 1. The molecule has 2 aliphatic heterocycles. The topological polar surface area (TPSA) is 130 Å². The second kappa shape index (κ2) is 14.5. The van der Waals surface area contributed by atoms with Crippen LogP contribution < -0.4 is 20.7 Å². The summed E-state index contributed by atoms with van der Waals surface area (Å²) < 4.78 is 6.19. The van der Waals surface area contributed by atoms with Gasteiger partial charge in [0, 0.05) is 73.9 Å². The molecule has 234 valence electrons. The van der Waals surface area contributed by atoms with E-state index in [9.17, 15) is 9.59 Å². The van der Waals surface area contributed by atoms with Gasteiger partial charge in [-0.2, -0.15) is 0 Å². The number of halogens is 2. The van der Waals surface area contributed by atoms with Crippen LogP contribution in [0.1, 0.15) is 31.7 Å². The van der Waals surface area contributed by atoms with Crippen LogP contribution in [-0.2, 0) is 16.1 Å². The molecule has 0 bridgehead atoms. The van der Waals surface area contributed by atoms with Crippen molar-refractivity contribution >= 4 is 41.5 Å². The average molecular weight is 642 g/mol. The van der Waals surface area contributed by atoms with E-state index in [1.165, 1.54) is 0 Å². The largest absolute Gasteiger partial charge is 0.436 e. The SMILES string of the molecule is CC1(CNC=O)CCN(Cc2cc(Oc3cnc(N4CCN(CCC(N)=O)CC4)nc3)nc(-c3cc(Cl)cc(Cl)c3)c2)CC1. The molecule has 0 radical (unpaired) electrons. The van der Waals surface area contributed by atoms with E-state index in [1.54, 1.807) is 18.5 Å². The number of amides is 2. The van der Waals surface area contributed by atoms with Crippen LogP contribution in [0.3, 0.4) is 0 Å². The number of anilines is 1. The van der Waals surface area contributed by atoms with Crippen LogP contribution in [0.2, 0.25) is 10.0 Å². The van der Waals surface area contributed by atoms with Gasteiger partial charge in [0.1, 0.15) is 0 Å². The van der Waals surface area contributed by atoms with Crippen molar-refractivity contribution in [2.45, 2.75) is 32.7 Å². The van der Waals surface area contributed by atoms with Crippen LogP contribution in [0.4, 0.5) is 5.95 Å². The van der Waals surface area contributed by atoms with Gasteiger partial charge < -0.3 is 20.7 Å². The first-order chi connectivity index (χ1) is 21.2. The van der Waals surface area contributed by atoms with Crippen LogP contribution >= 0.6 is 23.2 Å². The summed E-state index contributed by atoms with van der Waals surface area (Å²) in [5, 5.41) is 3.90. The van der Waals surface area contributed by atoms with Crippen molar-refractivity contribution in [3.63, 3.8) is 0 Å². The third-order valence-electron chi connectivity index (χ3n) is 8.27. The molecule has 3 aromatic rings. The summed E-state index contributed by atoms with van der Waals surface area (Å²) >= 11 is 12.6. The molecule has 2 fully saturated rings. The lowest BCUT2D eigenvalue weighted by Gasteiger charge is -2.39. The normalized spacial score (nSPS) is 17.3. The minimum Gasteiger partial charge on any atom is -0.436 e. The van der Waals surface area contributed by atoms with E-state index in [-0.39, 0.29) is 11.3 Å². The van der Waals surface area contributed by atoms with Crippen LogP contribution in [0.15, 0.2) is 42.7 Å². The Morgan fingerprint density at radius 1 is 1.00 bits per heavy atom. The number of primary amides is 1. The maximum atomic E-state index is 11.1. The summed E-state index contributed by atoms with van der Waals surface area (Å²) in [6, 6.07) is 9.34. The van der Waals surface area contributed by atoms with E-state index in [4.69, 9.17) is 38.7 Å². The van der Waals surface area contributed by atoms with Crippen molar-refractivity contribution in [2.75, 3.05) is 57.3 Å². The number of nitrogens with one attached hydrogen (secondary N) is 1. The first-order valence-electron chi connectivity index (χ1n) is 14.8. The number of piperazine rings is 1. The highest BCUT2D eigenvalue weighted by molar-refractivity contribution is 6.35. The second-order valence-electron chi connectivity index (χ2n) is 11.8. The summed E-state index contributed by atoms with van der Waals surface area (Å²) in [5.74, 6) is 1.24. The maximum absolute atomic E-state index is 11.1. The molecular weight excluding hydrogens is 603 g/mol. The quantitative estimate of drug-likeness (QED) is 0.282. The van der Waals surface area contributed by atoms with Gasteiger partial charge in [0.25, 0.3) is 0 Å². The fourth-order valence-corrected chi connectivity index (χ4v) is 6.14. The van der Waals surface area contributed by atoms with Gasteiger partial charge in [-0.25, -0.2) is 15.0 Å². The van der Waals surface area contributed by atoms with Crippen molar-refractivity contribution in [1.82, 2.24) is 30.1 Å². The Balaban J connectivity index is 1.29. The maximum Gasteiger partial charge on any atom is 0.225 e. The molecule has 11 nitrogen and oxygen atoms in total. The number of carbonyl (C=O) groups excluding carboxylic acids is 2. The molecule has 3 N–H and O–H groups in total.